The van der Waals surface area contributed by atoms with Gasteiger partial charge in [-0.1, -0.05) is 18.2 Å². The Kier molecular flexibility index (Phi) is 8.09. The molecule has 9 nitrogen and oxygen atoms in total. The number of thiophene rings is 1. The van der Waals surface area contributed by atoms with Crippen LogP contribution in [0, 0.1) is 0 Å². The molecule has 0 saturated heterocycles. The molecule has 3 aromatic rings. The van der Waals surface area contributed by atoms with Crippen molar-refractivity contribution < 1.29 is 19.1 Å². The number of nitrogens with zero attached hydrogens (tertiary/aromatic N) is 3. The summed E-state index contributed by atoms with van der Waals surface area (Å²) in [7, 11) is 0. The van der Waals surface area contributed by atoms with Gasteiger partial charge in [0.05, 0.1) is 36.7 Å². The molecule has 0 aliphatic carbocycles. The average Bonchev–Trinajstić information content (AvgIpc) is 3.33. The first kappa shape index (κ1) is 23.1. The molecule has 3 rings (SSSR count). The normalized spacial score (nSPS) is 10.7. The van der Waals surface area contributed by atoms with Gasteiger partial charge in [0.15, 0.2) is 6.61 Å². The Morgan fingerprint density at radius 3 is 2.75 bits per heavy atom. The van der Waals surface area contributed by atoms with Crippen LogP contribution in [0.2, 0.25) is 0 Å². The van der Waals surface area contributed by atoms with Crippen molar-refractivity contribution in [3.63, 3.8) is 0 Å². The minimum Gasteiger partial charge on any atom is -0.456 e. The summed E-state index contributed by atoms with van der Waals surface area (Å²) in [5.41, 5.74) is 0.339. The number of fused-ring (bicyclic) bond motifs is 1. The van der Waals surface area contributed by atoms with E-state index >= 15 is 0 Å². The van der Waals surface area contributed by atoms with E-state index in [0.29, 0.717) is 24.0 Å². The number of para-hydroxylation sites is 1. The van der Waals surface area contributed by atoms with Gasteiger partial charge in [-0.05, 0) is 30.5 Å². The van der Waals surface area contributed by atoms with Crippen LogP contribution in [0.5, 0.6) is 0 Å². The van der Waals surface area contributed by atoms with E-state index in [0.717, 1.165) is 4.88 Å². The van der Waals surface area contributed by atoms with E-state index in [-0.39, 0.29) is 31.0 Å². The second-order valence-corrected chi connectivity index (χ2v) is 7.97. The van der Waals surface area contributed by atoms with Crippen LogP contribution in [0.1, 0.15) is 18.2 Å². The Balaban J connectivity index is 1.44. The summed E-state index contributed by atoms with van der Waals surface area (Å²) >= 11 is 1.53. The number of nitrogens with one attached hydrogen (secondary N) is 1. The molecular weight excluding hydrogens is 432 g/mol. The lowest BCUT2D eigenvalue weighted by atomic mass is 10.2. The zero-order chi connectivity index (χ0) is 22.9. The van der Waals surface area contributed by atoms with E-state index < -0.39 is 18.5 Å². The summed E-state index contributed by atoms with van der Waals surface area (Å²) < 4.78 is 6.38. The molecule has 0 fully saturated rings. The summed E-state index contributed by atoms with van der Waals surface area (Å²) in [6, 6.07) is 10.8. The SMILES string of the molecule is CCN(CC(=O)NCc1cccs1)C(=O)COC(=O)CCn1cnc2ccccc2c1=O. The van der Waals surface area contributed by atoms with Gasteiger partial charge in [0.2, 0.25) is 5.91 Å². The molecule has 2 aromatic heterocycles. The third kappa shape index (κ3) is 6.24. The van der Waals surface area contributed by atoms with E-state index in [1.807, 2.05) is 17.5 Å². The zero-order valence-corrected chi connectivity index (χ0v) is 18.5. The third-order valence-corrected chi connectivity index (χ3v) is 5.63. The Morgan fingerprint density at radius 2 is 2.00 bits per heavy atom. The molecule has 2 heterocycles. The summed E-state index contributed by atoms with van der Waals surface area (Å²) in [6.45, 7) is 1.96. The lowest BCUT2D eigenvalue weighted by molar-refractivity contribution is -0.152. The van der Waals surface area contributed by atoms with Crippen LogP contribution in [-0.4, -0.2) is 51.9 Å². The molecule has 168 valence electrons. The van der Waals surface area contributed by atoms with E-state index in [1.54, 1.807) is 31.2 Å². The number of carbonyl (C=O) groups is 3. The van der Waals surface area contributed by atoms with Crippen molar-refractivity contribution in [3.05, 3.63) is 63.3 Å². The number of rotatable bonds is 10. The van der Waals surface area contributed by atoms with Gasteiger partial charge in [0.25, 0.3) is 11.5 Å². The highest BCUT2D eigenvalue weighted by Crippen LogP contribution is 2.07. The Morgan fingerprint density at radius 1 is 1.19 bits per heavy atom. The van der Waals surface area contributed by atoms with Crippen LogP contribution < -0.4 is 10.9 Å². The summed E-state index contributed by atoms with van der Waals surface area (Å²) in [5.74, 6) is -1.36. The smallest absolute Gasteiger partial charge is 0.308 e. The number of hydrogen-bond acceptors (Lipinski definition) is 7. The Labute approximate surface area is 188 Å². The second-order valence-electron chi connectivity index (χ2n) is 6.93. The molecule has 1 N–H and O–H groups in total. The standard InChI is InChI=1S/C22H24N4O5S/c1-2-25(13-19(27)23-12-16-6-5-11-32-16)20(28)14-31-21(29)9-10-26-15-24-18-8-4-3-7-17(18)22(26)30/h3-8,11,15H,2,9-10,12-14H2,1H3,(H,23,27). The summed E-state index contributed by atoms with van der Waals surface area (Å²) in [5, 5.41) is 5.15. The van der Waals surface area contributed by atoms with Gasteiger partial charge < -0.3 is 15.0 Å². The number of esters is 1. The van der Waals surface area contributed by atoms with E-state index in [2.05, 4.69) is 10.3 Å². The molecule has 0 aliphatic heterocycles. The Bertz CT molecular complexity index is 1140. The molecule has 1 aromatic carbocycles. The molecule has 0 atom stereocenters. The number of hydrogen-bond donors (Lipinski definition) is 1. The summed E-state index contributed by atoms with van der Waals surface area (Å²) in [6.07, 6.45) is 1.30. The fourth-order valence-corrected chi connectivity index (χ4v) is 3.63. The van der Waals surface area contributed by atoms with E-state index in [9.17, 15) is 19.2 Å². The summed E-state index contributed by atoms with van der Waals surface area (Å²) in [4.78, 5) is 55.4. The van der Waals surface area contributed by atoms with Gasteiger partial charge in [-0.25, -0.2) is 4.98 Å². The zero-order valence-electron chi connectivity index (χ0n) is 17.7. The van der Waals surface area contributed by atoms with Crippen LogP contribution in [0.25, 0.3) is 10.9 Å². The molecule has 0 radical (unpaired) electrons. The van der Waals surface area contributed by atoms with Crippen molar-refractivity contribution in [2.45, 2.75) is 26.4 Å². The fraction of sp³-hybridized carbons (Fsp3) is 0.318. The topological polar surface area (TPSA) is 111 Å². The molecular formula is C22H24N4O5S. The van der Waals surface area contributed by atoms with Gasteiger partial charge in [-0.3, -0.25) is 23.7 Å². The van der Waals surface area contributed by atoms with Crippen LogP contribution in [-0.2, 0) is 32.2 Å². The molecule has 0 bridgehead atoms. The monoisotopic (exact) mass is 456 g/mol. The lowest BCUT2D eigenvalue weighted by Crippen LogP contribution is -2.42. The highest BCUT2D eigenvalue weighted by atomic mass is 32.1. The molecule has 0 saturated carbocycles. The van der Waals surface area contributed by atoms with Crippen molar-refractivity contribution in [1.29, 1.82) is 0 Å². The van der Waals surface area contributed by atoms with Crippen LogP contribution in [0.3, 0.4) is 0 Å². The number of likely N-dealkylation sites (N-methyl/N-ethyl adjacent to an activating group) is 1. The van der Waals surface area contributed by atoms with E-state index in [4.69, 9.17) is 4.74 Å². The number of aromatic nitrogens is 2. The predicted molar refractivity (Wildman–Crippen MR) is 120 cm³/mol. The minimum absolute atomic E-state index is 0.0827. The van der Waals surface area contributed by atoms with Crippen LogP contribution >= 0.6 is 11.3 Å². The molecule has 0 spiro atoms. The highest BCUT2D eigenvalue weighted by molar-refractivity contribution is 7.09. The number of amides is 2. The molecule has 32 heavy (non-hydrogen) atoms. The maximum absolute atomic E-state index is 12.4. The predicted octanol–water partition coefficient (Wildman–Crippen LogP) is 1.56. The number of ether oxygens (including phenoxy) is 1. The van der Waals surface area contributed by atoms with Crippen LogP contribution in [0.4, 0.5) is 0 Å². The third-order valence-electron chi connectivity index (χ3n) is 4.75. The second kappa shape index (κ2) is 11.2. The quantitative estimate of drug-likeness (QED) is 0.464. The number of carbonyl (C=O) groups excluding carboxylic acids is 3. The Hall–Kier alpha value is -3.53. The molecule has 0 unspecified atom stereocenters. The van der Waals surface area contributed by atoms with Gasteiger partial charge in [0.1, 0.15) is 0 Å². The number of aryl methyl sites for hydroxylation is 1. The fourth-order valence-electron chi connectivity index (χ4n) is 2.99. The maximum atomic E-state index is 12.4. The molecule has 0 aliphatic rings. The van der Waals surface area contributed by atoms with E-state index in [1.165, 1.54) is 27.1 Å². The van der Waals surface area contributed by atoms with Crippen LogP contribution in [0.15, 0.2) is 52.9 Å². The highest BCUT2D eigenvalue weighted by Gasteiger charge is 2.17. The number of benzene rings is 1. The average molecular weight is 457 g/mol. The lowest BCUT2D eigenvalue weighted by Gasteiger charge is -2.20. The van der Waals surface area contributed by atoms with Crippen molar-refractivity contribution in [1.82, 2.24) is 19.8 Å². The minimum atomic E-state index is -0.614. The van der Waals surface area contributed by atoms with Gasteiger partial charge in [-0.2, -0.15) is 0 Å². The van der Waals surface area contributed by atoms with Gasteiger partial charge in [-0.15, -0.1) is 11.3 Å². The largest absolute Gasteiger partial charge is 0.456 e. The first-order valence-electron chi connectivity index (χ1n) is 10.1. The van der Waals surface area contributed by atoms with Crippen molar-refractivity contribution in [2.75, 3.05) is 19.7 Å². The first-order chi connectivity index (χ1) is 15.5. The maximum Gasteiger partial charge on any atom is 0.308 e. The molecule has 10 heteroatoms. The van der Waals surface area contributed by atoms with Crippen molar-refractivity contribution in [2.24, 2.45) is 0 Å². The molecule has 2 amide bonds. The van der Waals surface area contributed by atoms with Gasteiger partial charge in [0, 0.05) is 18.0 Å². The van der Waals surface area contributed by atoms with Crippen molar-refractivity contribution in [3.8, 4) is 0 Å². The van der Waals surface area contributed by atoms with Crippen molar-refractivity contribution >= 4 is 40.0 Å². The first-order valence-corrected chi connectivity index (χ1v) is 11.0. The van der Waals surface area contributed by atoms with Gasteiger partial charge >= 0.3 is 5.97 Å².